The monoisotopic (exact) mass is 405 g/mol. The molecular formula is C22H19N3OS2. The van der Waals surface area contributed by atoms with Gasteiger partial charge in [0, 0.05) is 22.6 Å². The molecule has 1 aliphatic heterocycles. The quantitative estimate of drug-likeness (QED) is 0.470. The van der Waals surface area contributed by atoms with Gasteiger partial charge < -0.3 is 4.90 Å². The first-order valence-corrected chi connectivity index (χ1v) is 11.1. The second-order valence-corrected chi connectivity index (χ2v) is 9.00. The van der Waals surface area contributed by atoms with Crippen molar-refractivity contribution in [2.24, 2.45) is 0 Å². The molecule has 0 bridgehead atoms. The fourth-order valence-electron chi connectivity index (χ4n) is 3.60. The molecule has 0 atom stereocenters. The van der Waals surface area contributed by atoms with E-state index in [1.165, 1.54) is 10.5 Å². The number of aromatic nitrogens is 2. The lowest BCUT2D eigenvalue weighted by Gasteiger charge is -2.28. The van der Waals surface area contributed by atoms with E-state index < -0.39 is 0 Å². The highest BCUT2D eigenvalue weighted by Crippen LogP contribution is 2.37. The summed E-state index contributed by atoms with van der Waals surface area (Å²) in [6.07, 6.45) is 0. The summed E-state index contributed by atoms with van der Waals surface area (Å²) in [5.74, 6) is 1.01. The predicted octanol–water partition coefficient (Wildman–Crippen LogP) is 5.21. The molecule has 0 fully saturated rings. The second-order valence-electron chi connectivity index (χ2n) is 6.83. The van der Waals surface area contributed by atoms with Gasteiger partial charge in [-0.1, -0.05) is 42.5 Å². The number of fused-ring (bicyclic) bond motifs is 2. The minimum absolute atomic E-state index is 0.0830. The number of aryl methyl sites for hydroxylation is 1. The van der Waals surface area contributed by atoms with Gasteiger partial charge in [0.05, 0.1) is 22.8 Å². The Labute approximate surface area is 171 Å². The van der Waals surface area contributed by atoms with Crippen LogP contribution in [-0.2, 0) is 6.54 Å². The number of hydrogen-bond acceptors (Lipinski definition) is 4. The van der Waals surface area contributed by atoms with Gasteiger partial charge in [-0.25, -0.2) is 0 Å². The van der Waals surface area contributed by atoms with Crippen LogP contribution in [0.25, 0.3) is 10.2 Å². The number of benzene rings is 2. The van der Waals surface area contributed by atoms with Crippen LogP contribution in [0, 0.1) is 6.92 Å². The van der Waals surface area contributed by atoms with E-state index in [0.717, 1.165) is 38.8 Å². The van der Waals surface area contributed by atoms with Gasteiger partial charge in [0.1, 0.15) is 4.83 Å². The molecule has 3 heterocycles. The Morgan fingerprint density at radius 1 is 1.11 bits per heavy atom. The number of rotatable bonds is 3. The maximum absolute atomic E-state index is 13.3. The first-order chi connectivity index (χ1) is 13.7. The van der Waals surface area contributed by atoms with E-state index in [2.05, 4.69) is 18.2 Å². The Morgan fingerprint density at radius 2 is 1.89 bits per heavy atom. The van der Waals surface area contributed by atoms with Gasteiger partial charge in [0.2, 0.25) is 0 Å². The molecule has 4 nitrogen and oxygen atoms in total. The third kappa shape index (κ3) is 3.02. The number of anilines is 1. The van der Waals surface area contributed by atoms with Gasteiger partial charge in [0.15, 0.2) is 0 Å². The maximum Gasteiger partial charge on any atom is 0.268 e. The van der Waals surface area contributed by atoms with Crippen molar-refractivity contribution < 1.29 is 4.79 Å². The SMILES string of the molecule is Cc1nn(Cc2ccccc2)c2sc(C(=O)N3CCSc4ccccc43)cc12. The highest BCUT2D eigenvalue weighted by molar-refractivity contribution is 7.99. The summed E-state index contributed by atoms with van der Waals surface area (Å²) >= 11 is 3.36. The van der Waals surface area contributed by atoms with Gasteiger partial charge in [-0.3, -0.25) is 9.48 Å². The largest absolute Gasteiger partial charge is 0.306 e. The van der Waals surface area contributed by atoms with Crippen molar-refractivity contribution >= 4 is 44.9 Å². The molecule has 6 heteroatoms. The van der Waals surface area contributed by atoms with Crippen molar-refractivity contribution in [3.05, 3.63) is 76.8 Å². The minimum atomic E-state index is 0.0830. The van der Waals surface area contributed by atoms with Crippen LogP contribution in [0.4, 0.5) is 5.69 Å². The fraction of sp³-hybridized carbons (Fsp3) is 0.182. The molecular weight excluding hydrogens is 386 g/mol. The van der Waals surface area contributed by atoms with Gasteiger partial charge >= 0.3 is 0 Å². The predicted molar refractivity (Wildman–Crippen MR) is 117 cm³/mol. The maximum atomic E-state index is 13.3. The van der Waals surface area contributed by atoms with E-state index in [-0.39, 0.29) is 5.91 Å². The first kappa shape index (κ1) is 17.5. The summed E-state index contributed by atoms with van der Waals surface area (Å²) in [6.45, 7) is 3.46. The van der Waals surface area contributed by atoms with Crippen LogP contribution in [0.2, 0.25) is 0 Å². The lowest BCUT2D eigenvalue weighted by molar-refractivity contribution is 0.0991. The highest BCUT2D eigenvalue weighted by atomic mass is 32.2. The molecule has 1 aliphatic rings. The zero-order chi connectivity index (χ0) is 19.1. The molecule has 140 valence electrons. The molecule has 2 aromatic heterocycles. The Hall–Kier alpha value is -2.57. The van der Waals surface area contributed by atoms with Gasteiger partial charge in [-0.05, 0) is 30.7 Å². The Morgan fingerprint density at radius 3 is 2.75 bits per heavy atom. The summed E-state index contributed by atoms with van der Waals surface area (Å²) in [4.78, 5) is 18.2. The van der Waals surface area contributed by atoms with E-state index in [0.29, 0.717) is 6.54 Å². The molecule has 1 amide bonds. The molecule has 0 radical (unpaired) electrons. The lowest BCUT2D eigenvalue weighted by Crippen LogP contribution is -2.34. The van der Waals surface area contributed by atoms with E-state index in [1.807, 2.05) is 70.7 Å². The van der Waals surface area contributed by atoms with Gasteiger partial charge in [-0.15, -0.1) is 23.1 Å². The molecule has 5 rings (SSSR count). The smallest absolute Gasteiger partial charge is 0.268 e. The Bertz CT molecular complexity index is 1160. The van der Waals surface area contributed by atoms with E-state index in [1.54, 1.807) is 11.3 Å². The summed E-state index contributed by atoms with van der Waals surface area (Å²) in [6, 6.07) is 20.5. The van der Waals surface area contributed by atoms with Crippen molar-refractivity contribution in [3.8, 4) is 0 Å². The second kappa shape index (κ2) is 7.11. The van der Waals surface area contributed by atoms with Crippen molar-refractivity contribution in [1.29, 1.82) is 0 Å². The zero-order valence-corrected chi connectivity index (χ0v) is 17.1. The third-order valence-corrected chi connectivity index (χ3v) is 7.15. The van der Waals surface area contributed by atoms with Gasteiger partial charge in [-0.2, -0.15) is 5.10 Å². The minimum Gasteiger partial charge on any atom is -0.306 e. The topological polar surface area (TPSA) is 38.1 Å². The number of para-hydroxylation sites is 1. The van der Waals surface area contributed by atoms with Crippen molar-refractivity contribution in [2.75, 3.05) is 17.2 Å². The average molecular weight is 406 g/mol. The van der Waals surface area contributed by atoms with Crippen molar-refractivity contribution in [2.45, 2.75) is 18.4 Å². The summed E-state index contributed by atoms with van der Waals surface area (Å²) in [5.41, 5.74) is 3.19. The first-order valence-electron chi connectivity index (χ1n) is 9.25. The van der Waals surface area contributed by atoms with E-state index >= 15 is 0 Å². The van der Waals surface area contributed by atoms with Crippen molar-refractivity contribution in [1.82, 2.24) is 9.78 Å². The third-order valence-electron chi connectivity index (χ3n) is 4.97. The highest BCUT2D eigenvalue weighted by Gasteiger charge is 2.26. The van der Waals surface area contributed by atoms with Crippen LogP contribution in [0.3, 0.4) is 0 Å². The number of thioether (sulfide) groups is 1. The van der Waals surface area contributed by atoms with Crippen LogP contribution >= 0.6 is 23.1 Å². The number of carbonyl (C=O) groups excluding carboxylic acids is 1. The molecule has 4 aromatic rings. The summed E-state index contributed by atoms with van der Waals surface area (Å²) in [5, 5.41) is 5.77. The van der Waals surface area contributed by atoms with Gasteiger partial charge in [0.25, 0.3) is 5.91 Å². The number of carbonyl (C=O) groups is 1. The molecule has 28 heavy (non-hydrogen) atoms. The fourth-order valence-corrected chi connectivity index (χ4v) is 5.70. The van der Waals surface area contributed by atoms with E-state index in [4.69, 9.17) is 5.10 Å². The molecule has 0 spiro atoms. The average Bonchev–Trinajstić information content (AvgIpc) is 3.29. The summed E-state index contributed by atoms with van der Waals surface area (Å²) in [7, 11) is 0. The number of thiophene rings is 1. The van der Waals surface area contributed by atoms with Crippen LogP contribution < -0.4 is 4.90 Å². The van der Waals surface area contributed by atoms with Crippen LogP contribution in [0.15, 0.2) is 65.6 Å². The lowest BCUT2D eigenvalue weighted by atomic mass is 10.2. The molecule has 0 saturated carbocycles. The van der Waals surface area contributed by atoms with E-state index in [9.17, 15) is 4.79 Å². The number of hydrogen-bond donors (Lipinski definition) is 0. The molecule has 2 aromatic carbocycles. The summed E-state index contributed by atoms with van der Waals surface area (Å²) < 4.78 is 2.02. The zero-order valence-electron chi connectivity index (χ0n) is 15.5. The van der Waals surface area contributed by atoms with Crippen molar-refractivity contribution in [3.63, 3.8) is 0 Å². The number of nitrogens with zero attached hydrogens (tertiary/aromatic N) is 3. The normalized spacial score (nSPS) is 13.7. The Balaban J connectivity index is 1.51. The van der Waals surface area contributed by atoms with Crippen LogP contribution in [-0.4, -0.2) is 28.0 Å². The van der Waals surface area contributed by atoms with Crippen LogP contribution in [0.1, 0.15) is 20.9 Å². The molecule has 0 unspecified atom stereocenters. The number of amides is 1. The molecule has 0 N–H and O–H groups in total. The molecule has 0 saturated heterocycles. The molecule has 0 aliphatic carbocycles. The Kier molecular flexibility index (Phi) is 4.45. The standard InChI is InChI=1S/C22H19N3OS2/c1-15-17-13-20(21(26)24-11-12-27-19-10-6-5-9-18(19)24)28-22(17)25(23-15)14-16-7-3-2-4-8-16/h2-10,13H,11-12,14H2,1H3. The van der Waals surface area contributed by atoms with Crippen LogP contribution in [0.5, 0.6) is 0 Å².